The molecule has 2 rings (SSSR count). The smallest absolute Gasteiger partial charge is 0.349 e. The molecule has 2 aromatic heterocycles. The first kappa shape index (κ1) is 12.7. The van der Waals surface area contributed by atoms with E-state index < -0.39 is 4.92 Å². The molecule has 0 bridgehead atoms. The van der Waals surface area contributed by atoms with Crippen LogP contribution in [0.25, 0.3) is 0 Å². The Balaban J connectivity index is 2.33. The van der Waals surface area contributed by atoms with Crippen LogP contribution in [0.4, 0.5) is 11.6 Å². The monoisotopic (exact) mass is 264 g/mol. The predicted octanol–water partition coefficient (Wildman–Crippen LogP) is 1.44. The van der Waals surface area contributed by atoms with Crippen LogP contribution in [0.2, 0.25) is 0 Å². The maximum absolute atomic E-state index is 10.9. The van der Waals surface area contributed by atoms with Crippen LogP contribution in [-0.4, -0.2) is 31.7 Å². The molecule has 1 N–H and O–H groups in total. The Morgan fingerprint density at radius 3 is 2.89 bits per heavy atom. The molecule has 0 aliphatic heterocycles. The molecule has 0 aromatic carbocycles. The molecule has 0 fully saturated rings. The van der Waals surface area contributed by atoms with Gasteiger partial charge in [-0.05, 0) is 6.92 Å². The molecule has 0 unspecified atom stereocenters. The minimum absolute atomic E-state index is 0.125. The zero-order valence-electron chi connectivity index (χ0n) is 10.4. The highest BCUT2D eigenvalue weighted by atomic mass is 16.6. The molecule has 100 valence electrons. The Morgan fingerprint density at radius 2 is 2.32 bits per heavy atom. The normalized spacial score (nSPS) is 10.2. The van der Waals surface area contributed by atoms with Gasteiger partial charge in [-0.1, -0.05) is 0 Å². The summed E-state index contributed by atoms with van der Waals surface area (Å²) in [5.41, 5.74) is -0.303. The second-order valence-corrected chi connectivity index (χ2v) is 3.52. The van der Waals surface area contributed by atoms with Crippen LogP contribution in [0.5, 0.6) is 11.6 Å². The molecule has 2 heterocycles. The van der Waals surface area contributed by atoms with Gasteiger partial charge in [0.15, 0.2) is 5.75 Å². The third kappa shape index (κ3) is 2.76. The van der Waals surface area contributed by atoms with Gasteiger partial charge in [0, 0.05) is 13.6 Å². The van der Waals surface area contributed by atoms with E-state index in [9.17, 15) is 10.1 Å². The molecule has 0 radical (unpaired) electrons. The van der Waals surface area contributed by atoms with Crippen molar-refractivity contribution in [1.29, 1.82) is 0 Å². The summed E-state index contributed by atoms with van der Waals surface area (Å²) in [6, 6.07) is 0. The van der Waals surface area contributed by atoms with Crippen LogP contribution in [0.1, 0.15) is 6.92 Å². The molecule has 2 aromatic rings. The average molecular weight is 264 g/mol. The standard InChI is InChI=1S/C10H12N6O3/c1-3-15-6-7(4-13-15)19-9-8(16(17)18)5-12-10(11-2)14-9/h4-6H,3H2,1-2H3,(H,11,12,14). The first-order valence-electron chi connectivity index (χ1n) is 5.53. The highest BCUT2D eigenvalue weighted by Gasteiger charge is 2.20. The van der Waals surface area contributed by atoms with E-state index in [2.05, 4.69) is 20.4 Å². The fourth-order valence-electron chi connectivity index (χ4n) is 1.36. The van der Waals surface area contributed by atoms with Gasteiger partial charge in [0.1, 0.15) is 6.20 Å². The van der Waals surface area contributed by atoms with Crippen LogP contribution in [0.15, 0.2) is 18.6 Å². The summed E-state index contributed by atoms with van der Waals surface area (Å²) in [5.74, 6) is 0.495. The molecule has 0 spiro atoms. The van der Waals surface area contributed by atoms with Crippen molar-refractivity contribution in [3.05, 3.63) is 28.7 Å². The first-order valence-corrected chi connectivity index (χ1v) is 5.53. The molecular weight excluding hydrogens is 252 g/mol. The zero-order chi connectivity index (χ0) is 13.8. The molecule has 0 amide bonds. The van der Waals surface area contributed by atoms with Gasteiger partial charge < -0.3 is 10.1 Å². The van der Waals surface area contributed by atoms with E-state index >= 15 is 0 Å². The SMILES string of the molecule is CCn1cc(Oc2nc(NC)ncc2[N+](=O)[O-])cn1. The minimum atomic E-state index is -0.598. The second kappa shape index (κ2) is 5.29. The number of ether oxygens (including phenoxy) is 1. The third-order valence-corrected chi connectivity index (χ3v) is 2.30. The van der Waals surface area contributed by atoms with Gasteiger partial charge in [0.05, 0.1) is 17.3 Å². The summed E-state index contributed by atoms with van der Waals surface area (Å²) in [5, 5.41) is 17.6. The number of hydrogen-bond acceptors (Lipinski definition) is 7. The maximum Gasteiger partial charge on any atom is 0.349 e. The Bertz CT molecular complexity index is 597. The quantitative estimate of drug-likeness (QED) is 0.642. The van der Waals surface area contributed by atoms with Gasteiger partial charge in [-0.15, -0.1) is 0 Å². The van der Waals surface area contributed by atoms with Crippen molar-refractivity contribution in [3.8, 4) is 11.6 Å². The lowest BCUT2D eigenvalue weighted by molar-refractivity contribution is -0.386. The number of anilines is 1. The predicted molar refractivity (Wildman–Crippen MR) is 66.2 cm³/mol. The lowest BCUT2D eigenvalue weighted by Crippen LogP contribution is -2.01. The molecule has 0 saturated carbocycles. The summed E-state index contributed by atoms with van der Waals surface area (Å²) in [6.07, 6.45) is 4.19. The van der Waals surface area contributed by atoms with Crippen LogP contribution in [-0.2, 0) is 6.54 Å². The highest BCUT2D eigenvalue weighted by Crippen LogP contribution is 2.28. The van der Waals surface area contributed by atoms with Crippen molar-refractivity contribution in [2.75, 3.05) is 12.4 Å². The summed E-state index contributed by atoms with van der Waals surface area (Å²) < 4.78 is 7.02. The van der Waals surface area contributed by atoms with Crippen LogP contribution < -0.4 is 10.1 Å². The Labute approximate surface area is 108 Å². The van der Waals surface area contributed by atoms with Crippen LogP contribution in [0, 0.1) is 10.1 Å². The summed E-state index contributed by atoms with van der Waals surface area (Å²) in [6.45, 7) is 2.60. The Kier molecular flexibility index (Phi) is 3.55. The van der Waals surface area contributed by atoms with Crippen molar-refractivity contribution in [2.24, 2.45) is 0 Å². The van der Waals surface area contributed by atoms with E-state index in [1.54, 1.807) is 17.9 Å². The molecule has 9 nitrogen and oxygen atoms in total. The summed E-state index contributed by atoms with van der Waals surface area (Å²) in [4.78, 5) is 18.0. The van der Waals surface area contributed by atoms with Gasteiger partial charge in [0.25, 0.3) is 0 Å². The first-order chi connectivity index (χ1) is 9.13. The number of nitro groups is 1. The fraction of sp³-hybridized carbons (Fsp3) is 0.300. The molecule has 0 atom stereocenters. The van der Waals surface area contributed by atoms with Crippen molar-refractivity contribution >= 4 is 11.6 Å². The maximum atomic E-state index is 10.9. The second-order valence-electron chi connectivity index (χ2n) is 3.52. The van der Waals surface area contributed by atoms with E-state index in [1.165, 1.54) is 6.20 Å². The zero-order valence-corrected chi connectivity index (χ0v) is 10.4. The Hall–Kier alpha value is -2.71. The number of hydrogen-bond donors (Lipinski definition) is 1. The lowest BCUT2D eigenvalue weighted by Gasteiger charge is -2.04. The van der Waals surface area contributed by atoms with Gasteiger partial charge in [-0.3, -0.25) is 14.8 Å². The number of aryl methyl sites for hydroxylation is 1. The summed E-state index contributed by atoms with van der Waals surface area (Å²) >= 11 is 0. The molecule has 0 aliphatic carbocycles. The van der Waals surface area contributed by atoms with Gasteiger partial charge >= 0.3 is 11.6 Å². The van der Waals surface area contributed by atoms with Crippen molar-refractivity contribution in [1.82, 2.24) is 19.7 Å². The minimum Gasteiger partial charge on any atom is -0.430 e. The van der Waals surface area contributed by atoms with Crippen molar-refractivity contribution < 1.29 is 9.66 Å². The van der Waals surface area contributed by atoms with Crippen molar-refractivity contribution in [3.63, 3.8) is 0 Å². The molecule has 0 saturated heterocycles. The van der Waals surface area contributed by atoms with E-state index in [0.29, 0.717) is 12.3 Å². The van der Waals surface area contributed by atoms with E-state index in [0.717, 1.165) is 6.20 Å². The van der Waals surface area contributed by atoms with Gasteiger partial charge in [0.2, 0.25) is 5.95 Å². The number of rotatable bonds is 5. The topological polar surface area (TPSA) is 108 Å². The number of nitrogens with one attached hydrogen (secondary N) is 1. The van der Waals surface area contributed by atoms with Crippen LogP contribution >= 0.6 is 0 Å². The summed E-state index contributed by atoms with van der Waals surface area (Å²) in [7, 11) is 1.61. The average Bonchev–Trinajstić information content (AvgIpc) is 2.86. The fourth-order valence-corrected chi connectivity index (χ4v) is 1.36. The highest BCUT2D eigenvalue weighted by molar-refractivity contribution is 5.44. The molecule has 19 heavy (non-hydrogen) atoms. The van der Waals surface area contributed by atoms with E-state index in [4.69, 9.17) is 4.74 Å². The Morgan fingerprint density at radius 1 is 1.53 bits per heavy atom. The third-order valence-electron chi connectivity index (χ3n) is 2.30. The lowest BCUT2D eigenvalue weighted by atomic mass is 10.5. The van der Waals surface area contributed by atoms with Gasteiger partial charge in [-0.25, -0.2) is 4.98 Å². The van der Waals surface area contributed by atoms with Gasteiger partial charge in [-0.2, -0.15) is 10.1 Å². The van der Waals surface area contributed by atoms with Crippen molar-refractivity contribution in [2.45, 2.75) is 13.5 Å². The molecular formula is C10H12N6O3. The number of nitrogens with zero attached hydrogens (tertiary/aromatic N) is 5. The number of aromatic nitrogens is 4. The largest absolute Gasteiger partial charge is 0.430 e. The van der Waals surface area contributed by atoms with Crippen LogP contribution in [0.3, 0.4) is 0 Å². The molecule has 0 aliphatic rings. The van der Waals surface area contributed by atoms with E-state index in [1.807, 2.05) is 6.92 Å². The van der Waals surface area contributed by atoms with E-state index in [-0.39, 0.29) is 17.5 Å². The molecule has 9 heteroatoms.